The van der Waals surface area contributed by atoms with Gasteiger partial charge in [-0.25, -0.2) is 0 Å². The van der Waals surface area contributed by atoms with Crippen molar-refractivity contribution in [2.75, 3.05) is 60.8 Å². The number of ether oxygens (including phenoxy) is 2. The fraction of sp³-hybridized carbons (Fsp3) is 0.268. The minimum absolute atomic E-state index is 0.119. The molecule has 8 aromatic rings. The Labute approximate surface area is 478 Å². The van der Waals surface area contributed by atoms with E-state index < -0.39 is 0 Å². The topological polar surface area (TPSA) is 117 Å². The molecule has 2 saturated heterocycles. The Bertz CT molecular complexity index is 3350. The van der Waals surface area contributed by atoms with Gasteiger partial charge in [0, 0.05) is 60.1 Å². The van der Waals surface area contributed by atoms with Crippen LogP contribution in [0.15, 0.2) is 200 Å². The summed E-state index contributed by atoms with van der Waals surface area (Å²) in [6, 6.07) is 66.4. The van der Waals surface area contributed by atoms with Crippen molar-refractivity contribution in [3.8, 4) is 22.3 Å². The minimum atomic E-state index is -0.239. The van der Waals surface area contributed by atoms with Gasteiger partial charge >= 0.3 is 11.9 Å². The lowest BCUT2D eigenvalue weighted by molar-refractivity contribution is -0.145. The summed E-state index contributed by atoms with van der Waals surface area (Å²) in [5, 5.41) is 6.17. The van der Waals surface area contributed by atoms with E-state index in [9.17, 15) is 19.2 Å². The number of amides is 2. The molecule has 0 aliphatic carbocycles. The first kappa shape index (κ1) is 56.9. The maximum Gasteiger partial charge on any atom is 0.313 e. The fourth-order valence-corrected chi connectivity index (χ4v) is 11.7. The standard InChI is InChI=1S/C36H38N2O3.C35H36N2O3/c1-4-26-13-15-28(16-14-26)33-25(2)9-8-12-32(33)35(39)37-30-17-19-31(20-18-30)38-23-21-29(22-24-38)34(36(40)41-3)27-10-6-5-7-11-27;1-3-25-13-15-26(16-14-25)31-11-7-8-12-32(31)34(38)36-29-17-19-30(20-18-29)37-23-21-28(22-24-37)33(35(39)40-2)27-9-5-4-6-10-27/h5-20,29,34H,4,21-24H2,1-3H3,(H,37,39);4-20,28,33H,3,21-24H2,1-2H3,(H,36,38). The van der Waals surface area contributed by atoms with Crippen molar-refractivity contribution in [1.82, 2.24) is 0 Å². The van der Waals surface area contributed by atoms with Crippen LogP contribution in [0.1, 0.15) is 99.9 Å². The Morgan fingerprint density at radius 1 is 0.457 bits per heavy atom. The average Bonchev–Trinajstić information content (AvgIpc) is 3.61. The van der Waals surface area contributed by atoms with Gasteiger partial charge in [0.25, 0.3) is 11.8 Å². The molecule has 0 saturated carbocycles. The second kappa shape index (κ2) is 27.4. The molecule has 10 rings (SSSR count). The molecule has 2 aliphatic heterocycles. The predicted molar refractivity (Wildman–Crippen MR) is 328 cm³/mol. The average molecular weight is 1080 g/mol. The number of benzene rings is 8. The van der Waals surface area contributed by atoms with Crippen LogP contribution in [-0.2, 0) is 31.9 Å². The number of nitrogens with one attached hydrogen (secondary N) is 2. The van der Waals surface area contributed by atoms with Gasteiger partial charge in [0.15, 0.2) is 0 Å². The van der Waals surface area contributed by atoms with E-state index in [1.54, 1.807) is 0 Å². The maximum atomic E-state index is 13.4. The largest absolute Gasteiger partial charge is 0.469 e. The Kier molecular flexibility index (Phi) is 19.3. The normalized spacial score (nSPS) is 14.4. The molecule has 414 valence electrons. The number of carbonyl (C=O) groups is 4. The first-order valence-corrected chi connectivity index (χ1v) is 28.5. The second-order valence-corrected chi connectivity index (χ2v) is 21.1. The molecule has 8 aromatic carbocycles. The van der Waals surface area contributed by atoms with E-state index in [1.807, 2.05) is 134 Å². The van der Waals surface area contributed by atoms with Gasteiger partial charge in [0.05, 0.1) is 26.1 Å². The first-order valence-electron chi connectivity index (χ1n) is 28.5. The van der Waals surface area contributed by atoms with E-state index in [0.29, 0.717) is 11.1 Å². The molecule has 0 aromatic heterocycles. The van der Waals surface area contributed by atoms with Crippen molar-refractivity contribution < 1.29 is 28.7 Å². The molecule has 2 aliphatic rings. The lowest BCUT2D eigenvalue weighted by Crippen LogP contribution is -2.37. The molecule has 2 amide bonds. The summed E-state index contributed by atoms with van der Waals surface area (Å²) in [6.45, 7) is 9.77. The Morgan fingerprint density at radius 3 is 1.28 bits per heavy atom. The second-order valence-electron chi connectivity index (χ2n) is 21.1. The minimum Gasteiger partial charge on any atom is -0.469 e. The number of nitrogens with zero attached hydrogens (tertiary/aromatic N) is 2. The highest BCUT2D eigenvalue weighted by Gasteiger charge is 2.35. The molecule has 2 N–H and O–H groups in total. The first-order chi connectivity index (χ1) is 39.5. The van der Waals surface area contributed by atoms with E-state index in [2.05, 4.69) is 107 Å². The van der Waals surface area contributed by atoms with Crippen LogP contribution < -0.4 is 20.4 Å². The monoisotopic (exact) mass is 1080 g/mol. The number of aryl methyl sites for hydroxylation is 3. The summed E-state index contributed by atoms with van der Waals surface area (Å²) in [4.78, 5) is 56.7. The molecule has 81 heavy (non-hydrogen) atoms. The molecule has 2 atom stereocenters. The van der Waals surface area contributed by atoms with Crippen molar-refractivity contribution in [3.63, 3.8) is 0 Å². The van der Waals surface area contributed by atoms with Gasteiger partial charge < -0.3 is 29.9 Å². The quantitative estimate of drug-likeness (QED) is 0.0919. The highest BCUT2D eigenvalue weighted by Crippen LogP contribution is 2.38. The summed E-state index contributed by atoms with van der Waals surface area (Å²) in [6.07, 6.45) is 5.59. The lowest BCUT2D eigenvalue weighted by atomic mass is 9.80. The summed E-state index contributed by atoms with van der Waals surface area (Å²) >= 11 is 0. The van der Waals surface area contributed by atoms with Crippen molar-refractivity contribution in [2.45, 2.75) is 71.1 Å². The molecule has 0 spiro atoms. The third-order valence-corrected chi connectivity index (χ3v) is 16.2. The molecule has 10 heteroatoms. The predicted octanol–water partition coefficient (Wildman–Crippen LogP) is 15.0. The number of methoxy groups -OCH3 is 2. The highest BCUT2D eigenvalue weighted by molar-refractivity contribution is 6.10. The number of anilines is 4. The highest BCUT2D eigenvalue weighted by atomic mass is 16.5. The molecular formula is C71H74N4O6. The van der Waals surface area contributed by atoms with Crippen LogP contribution in [0.3, 0.4) is 0 Å². The zero-order valence-corrected chi connectivity index (χ0v) is 47.3. The van der Waals surface area contributed by atoms with Crippen LogP contribution in [0.4, 0.5) is 22.7 Å². The van der Waals surface area contributed by atoms with E-state index in [-0.39, 0.29) is 47.4 Å². The maximum absolute atomic E-state index is 13.4. The van der Waals surface area contributed by atoms with E-state index >= 15 is 0 Å². The third-order valence-electron chi connectivity index (χ3n) is 16.2. The molecule has 0 bridgehead atoms. The molecule has 0 radical (unpaired) electrons. The van der Waals surface area contributed by atoms with Gasteiger partial charge in [0.2, 0.25) is 0 Å². The molecule has 2 unspecified atom stereocenters. The van der Waals surface area contributed by atoms with Crippen LogP contribution in [0.2, 0.25) is 0 Å². The van der Waals surface area contributed by atoms with Gasteiger partial charge in [-0.3, -0.25) is 19.2 Å². The van der Waals surface area contributed by atoms with Crippen molar-refractivity contribution in [3.05, 3.63) is 239 Å². The van der Waals surface area contributed by atoms with E-state index in [4.69, 9.17) is 9.47 Å². The van der Waals surface area contributed by atoms with Crippen LogP contribution in [0.5, 0.6) is 0 Å². The zero-order valence-electron chi connectivity index (χ0n) is 47.3. The molecular weight excluding hydrogens is 1000 g/mol. The Morgan fingerprint density at radius 2 is 0.852 bits per heavy atom. The Balaban J connectivity index is 0.000000196. The van der Waals surface area contributed by atoms with Gasteiger partial charge in [-0.15, -0.1) is 0 Å². The zero-order chi connectivity index (χ0) is 56.7. The summed E-state index contributed by atoms with van der Waals surface area (Å²) in [7, 11) is 2.94. The molecule has 10 nitrogen and oxygen atoms in total. The Hall–Kier alpha value is -8.76. The number of carbonyl (C=O) groups excluding carboxylic acids is 4. The van der Waals surface area contributed by atoms with E-state index in [1.165, 1.54) is 25.3 Å². The van der Waals surface area contributed by atoms with Gasteiger partial charge in [-0.1, -0.05) is 153 Å². The van der Waals surface area contributed by atoms with Crippen molar-refractivity contribution in [2.24, 2.45) is 11.8 Å². The third kappa shape index (κ3) is 14.0. The van der Waals surface area contributed by atoms with Crippen molar-refractivity contribution >= 4 is 46.5 Å². The van der Waals surface area contributed by atoms with Crippen LogP contribution in [0.25, 0.3) is 22.3 Å². The molecule has 2 heterocycles. The van der Waals surface area contributed by atoms with Gasteiger partial charge in [0.1, 0.15) is 0 Å². The van der Waals surface area contributed by atoms with Crippen LogP contribution in [-0.4, -0.2) is 64.2 Å². The number of hydrogen-bond donors (Lipinski definition) is 2. The number of esters is 2. The van der Waals surface area contributed by atoms with Crippen LogP contribution in [0, 0.1) is 18.8 Å². The molecule has 2 fully saturated rings. The fourth-order valence-electron chi connectivity index (χ4n) is 11.7. The van der Waals surface area contributed by atoms with Gasteiger partial charge in [-0.05, 0) is 168 Å². The number of rotatable bonds is 16. The number of piperidine rings is 2. The smallest absolute Gasteiger partial charge is 0.313 e. The summed E-state index contributed by atoms with van der Waals surface area (Å²) in [5.41, 5.74) is 14.7. The van der Waals surface area contributed by atoms with E-state index in [0.717, 1.165) is 126 Å². The van der Waals surface area contributed by atoms with Gasteiger partial charge in [-0.2, -0.15) is 0 Å². The summed E-state index contributed by atoms with van der Waals surface area (Å²) in [5.74, 6) is -0.571. The van der Waals surface area contributed by atoms with Crippen molar-refractivity contribution in [1.29, 1.82) is 0 Å². The summed E-state index contributed by atoms with van der Waals surface area (Å²) < 4.78 is 10.3. The lowest BCUT2D eigenvalue weighted by Gasteiger charge is -2.36. The SMILES string of the molecule is CCc1ccc(-c2c(C)cccc2C(=O)Nc2ccc(N3CCC(C(C(=O)OC)c4ccccc4)CC3)cc2)cc1.CCc1ccc(-c2ccccc2C(=O)Nc2ccc(N3CCC(C(C(=O)OC)c4ccccc4)CC3)cc2)cc1. The van der Waals surface area contributed by atoms with Crippen LogP contribution >= 0.6 is 0 Å². The number of hydrogen-bond acceptors (Lipinski definition) is 8.